The van der Waals surface area contributed by atoms with Crippen molar-refractivity contribution in [2.24, 2.45) is 0 Å². The first-order chi connectivity index (χ1) is 26.6. The standard InChI is InChI=1S/C40H39B15O/c41-26-19-16(11-6-7-14-13(9-11)17-12-4-2-1-3-10(12)5-8-15(17)56-14)20-22(30(45)38(53)36(51)27(20)42)18(21(19)29(44)37(52)35(26)50)23-24-25(32(47)34(49)28(23)43)33(48)40(55)39(54)31(24)46/h1-9H,41-55H2. The van der Waals surface area contributed by atoms with E-state index in [2.05, 4.69) is 172 Å². The number of furan rings is 1. The van der Waals surface area contributed by atoms with Crippen LogP contribution in [0.4, 0.5) is 0 Å². The largest absolute Gasteiger partial charge is 0.456 e. The number of rotatable bonds is 2. The molecule has 1 heterocycles. The van der Waals surface area contributed by atoms with Gasteiger partial charge >= 0.3 is 0 Å². The van der Waals surface area contributed by atoms with Gasteiger partial charge in [-0.15, -0.1) is 38.2 Å². The summed E-state index contributed by atoms with van der Waals surface area (Å²) in [6, 6.07) is 20.0. The van der Waals surface area contributed by atoms with Crippen molar-refractivity contribution in [3.05, 3.63) is 54.6 Å². The van der Waals surface area contributed by atoms with E-state index in [1.54, 1.807) is 0 Å². The summed E-state index contributed by atoms with van der Waals surface area (Å²) in [6.07, 6.45) is 0. The molecule has 56 heavy (non-hydrogen) atoms. The molecule has 250 valence electrons. The summed E-state index contributed by atoms with van der Waals surface area (Å²) in [5.74, 6) is 0. The van der Waals surface area contributed by atoms with Gasteiger partial charge in [0.05, 0.1) is 0 Å². The minimum Gasteiger partial charge on any atom is -0.456 e. The molecule has 0 unspecified atom stereocenters. The predicted molar refractivity (Wildman–Crippen MR) is 297 cm³/mol. The molecule has 0 saturated carbocycles. The normalized spacial score (nSPS) is 11.9. The number of fused-ring (bicyclic) bond motifs is 8. The Morgan fingerprint density at radius 3 is 1.21 bits per heavy atom. The predicted octanol–water partition coefficient (Wildman–Crippen LogP) is -14.6. The first kappa shape index (κ1) is 37.2. The Morgan fingerprint density at radius 1 is 0.286 bits per heavy atom. The molecule has 9 aromatic rings. The van der Waals surface area contributed by atoms with Gasteiger partial charge in [0.2, 0.25) is 0 Å². The summed E-state index contributed by atoms with van der Waals surface area (Å²) < 4.78 is 6.57. The number of hydrogen-bond acceptors (Lipinski definition) is 1. The fourth-order valence-electron chi connectivity index (χ4n) is 10.6. The third kappa shape index (κ3) is 4.77. The molecule has 1 aromatic heterocycles. The summed E-state index contributed by atoms with van der Waals surface area (Å²) in [5, 5.41) is 13.2. The molecule has 0 saturated heterocycles. The minimum absolute atomic E-state index is 0.930. The molecule has 8 aromatic carbocycles. The van der Waals surface area contributed by atoms with E-state index >= 15 is 0 Å². The smallest absolute Gasteiger partial charge is 0.139 e. The van der Waals surface area contributed by atoms with E-state index in [0.29, 0.717) is 0 Å². The second-order valence-corrected chi connectivity index (χ2v) is 17.2. The van der Waals surface area contributed by atoms with E-state index in [9.17, 15) is 0 Å². The van der Waals surface area contributed by atoms with Crippen LogP contribution in [0.3, 0.4) is 0 Å². The third-order valence-corrected chi connectivity index (χ3v) is 15.1. The second-order valence-electron chi connectivity index (χ2n) is 17.2. The molecule has 0 spiro atoms. The van der Waals surface area contributed by atoms with E-state index in [-0.39, 0.29) is 0 Å². The third-order valence-electron chi connectivity index (χ3n) is 15.1. The number of benzene rings is 8. The maximum atomic E-state index is 6.57. The van der Waals surface area contributed by atoms with E-state index in [0.717, 1.165) is 11.2 Å². The molecule has 0 N–H and O–H groups in total. The fraction of sp³-hybridized carbons (Fsp3) is 0. The summed E-state index contributed by atoms with van der Waals surface area (Å²) in [5.41, 5.74) is 28.1. The van der Waals surface area contributed by atoms with Crippen molar-refractivity contribution in [3.63, 3.8) is 0 Å². The lowest BCUT2D eigenvalue weighted by Gasteiger charge is -2.31. The SMILES string of the molecule is Bc1c(B)c(B)c2c(-c3c4c(B)c(B)c(B)c(B)c4c(-c4ccc5oc6ccc7ccccc7c6c5c4)c4c(B)c(B)c(B)c(B)c34)c(B)c(B)c(B)c2c1B. The van der Waals surface area contributed by atoms with Crippen molar-refractivity contribution in [3.8, 4) is 22.3 Å². The van der Waals surface area contributed by atoms with Gasteiger partial charge in [-0.05, 0) is 83.5 Å². The highest BCUT2D eigenvalue weighted by molar-refractivity contribution is 6.75. The Kier molecular flexibility index (Phi) is 8.49. The monoisotopic (exact) mass is 700 g/mol. The highest BCUT2D eigenvalue weighted by Gasteiger charge is 2.28. The van der Waals surface area contributed by atoms with Gasteiger partial charge in [0.1, 0.15) is 129 Å². The maximum Gasteiger partial charge on any atom is 0.139 e. The van der Waals surface area contributed by atoms with Gasteiger partial charge in [-0.1, -0.05) is 80.1 Å². The van der Waals surface area contributed by atoms with Crippen LogP contribution in [0.15, 0.2) is 59.0 Å². The summed E-state index contributed by atoms with van der Waals surface area (Å²) in [6.45, 7) is 0. The second kappa shape index (κ2) is 12.8. The van der Waals surface area contributed by atoms with E-state index in [1.807, 2.05) is 0 Å². The number of hydrogen-bond donors (Lipinski definition) is 0. The highest BCUT2D eigenvalue weighted by Crippen LogP contribution is 2.43. The van der Waals surface area contributed by atoms with Crippen LogP contribution in [0.5, 0.6) is 0 Å². The molecule has 9 rings (SSSR count). The summed E-state index contributed by atoms with van der Waals surface area (Å²) in [4.78, 5) is 0. The maximum absolute atomic E-state index is 6.57. The van der Waals surface area contributed by atoms with Crippen molar-refractivity contribution in [2.75, 3.05) is 0 Å². The lowest BCUT2D eigenvalue weighted by molar-refractivity contribution is 0.669. The molecule has 0 aliphatic carbocycles. The van der Waals surface area contributed by atoms with Crippen molar-refractivity contribution < 1.29 is 4.42 Å². The molecule has 0 aliphatic heterocycles. The lowest BCUT2D eigenvalue weighted by atomic mass is 9.56. The molecular weight excluding hydrogens is 659 g/mol. The topological polar surface area (TPSA) is 13.1 Å². The van der Waals surface area contributed by atoms with Gasteiger partial charge in [-0.25, -0.2) is 0 Å². The molecule has 0 fully saturated rings. The van der Waals surface area contributed by atoms with Gasteiger partial charge in [0.25, 0.3) is 0 Å². The Balaban J connectivity index is 1.61. The summed E-state index contributed by atoms with van der Waals surface area (Å²) in [7, 11) is 35.3. The first-order valence-corrected chi connectivity index (χ1v) is 20.4. The first-order valence-electron chi connectivity index (χ1n) is 20.4. The van der Waals surface area contributed by atoms with Crippen molar-refractivity contribution >= 4 is 265 Å². The van der Waals surface area contributed by atoms with Gasteiger partial charge in [0, 0.05) is 10.8 Å². The molecule has 0 radical (unpaired) electrons. The van der Waals surface area contributed by atoms with Crippen LogP contribution in [0.2, 0.25) is 0 Å². The molecule has 0 bridgehead atoms. The molecule has 0 amide bonds. The van der Waals surface area contributed by atoms with Crippen LogP contribution in [-0.4, -0.2) is 118 Å². The molecule has 1 nitrogen and oxygen atoms in total. The average Bonchev–Trinajstić information content (AvgIpc) is 3.58. The molecular formula is C40H39B15O. The van der Waals surface area contributed by atoms with E-state index < -0.39 is 0 Å². The quantitative estimate of drug-likeness (QED) is 0.129. The molecule has 0 atom stereocenters. The fourth-order valence-corrected chi connectivity index (χ4v) is 10.6. The van der Waals surface area contributed by atoms with Crippen LogP contribution >= 0.6 is 0 Å². The Labute approximate surface area is 344 Å². The Morgan fingerprint density at radius 2 is 0.696 bits per heavy atom. The average molecular weight is 698 g/mol. The lowest BCUT2D eigenvalue weighted by Crippen LogP contribution is -2.53. The van der Waals surface area contributed by atoms with Gasteiger partial charge in [0.15, 0.2) is 0 Å². The zero-order chi connectivity index (χ0) is 40.0. The zero-order valence-electron chi connectivity index (χ0n) is 36.1. The van der Waals surface area contributed by atoms with Gasteiger partial charge in [-0.2, -0.15) is 0 Å². The van der Waals surface area contributed by atoms with E-state index in [4.69, 9.17) is 4.42 Å². The van der Waals surface area contributed by atoms with Crippen molar-refractivity contribution in [1.29, 1.82) is 0 Å². The molecule has 16 heteroatoms. The highest BCUT2D eigenvalue weighted by atomic mass is 16.3. The van der Waals surface area contributed by atoms with Crippen LogP contribution in [0.1, 0.15) is 0 Å². The van der Waals surface area contributed by atoms with Crippen LogP contribution in [0, 0.1) is 0 Å². The summed E-state index contributed by atoms with van der Waals surface area (Å²) >= 11 is 0. The minimum atomic E-state index is 0.930. The van der Waals surface area contributed by atoms with Crippen LogP contribution < -0.4 is 81.9 Å². The molecule has 0 aliphatic rings. The van der Waals surface area contributed by atoms with Gasteiger partial charge < -0.3 is 4.42 Å². The van der Waals surface area contributed by atoms with Crippen molar-refractivity contribution in [1.82, 2.24) is 0 Å². The van der Waals surface area contributed by atoms with Crippen LogP contribution in [-0.2, 0) is 0 Å². The van der Waals surface area contributed by atoms with E-state index in [1.165, 1.54) is 158 Å². The van der Waals surface area contributed by atoms with Crippen molar-refractivity contribution in [2.45, 2.75) is 0 Å². The van der Waals surface area contributed by atoms with Gasteiger partial charge in [-0.3, -0.25) is 0 Å². The Hall–Kier alpha value is -4.43. The van der Waals surface area contributed by atoms with Crippen LogP contribution in [0.25, 0.3) is 87.3 Å². The Bertz CT molecular complexity index is 3220. The zero-order valence-corrected chi connectivity index (χ0v) is 36.1.